The van der Waals surface area contributed by atoms with Crippen LogP contribution in [0.3, 0.4) is 0 Å². The van der Waals surface area contributed by atoms with Crippen LogP contribution in [0.4, 0.5) is 11.4 Å². The van der Waals surface area contributed by atoms with Crippen LogP contribution in [0.2, 0.25) is 0 Å². The molecule has 2 amide bonds. The van der Waals surface area contributed by atoms with Gasteiger partial charge in [-0.1, -0.05) is 39.0 Å². The van der Waals surface area contributed by atoms with E-state index in [4.69, 9.17) is 4.74 Å². The molecule has 0 bridgehead atoms. The summed E-state index contributed by atoms with van der Waals surface area (Å²) < 4.78 is 4.81. The lowest BCUT2D eigenvalue weighted by Gasteiger charge is -2.19. The van der Waals surface area contributed by atoms with E-state index in [2.05, 4.69) is 31.4 Å². The first-order valence-corrected chi connectivity index (χ1v) is 9.66. The lowest BCUT2D eigenvalue weighted by molar-refractivity contribution is -0.144. The van der Waals surface area contributed by atoms with Crippen molar-refractivity contribution in [1.82, 2.24) is 0 Å². The van der Waals surface area contributed by atoms with Crippen molar-refractivity contribution in [3.05, 3.63) is 59.7 Å². The van der Waals surface area contributed by atoms with Gasteiger partial charge < -0.3 is 15.4 Å². The summed E-state index contributed by atoms with van der Waals surface area (Å²) in [5.74, 6) is -0.920. The molecule has 0 saturated carbocycles. The van der Waals surface area contributed by atoms with Gasteiger partial charge in [0.15, 0.2) is 0 Å². The Bertz CT molecular complexity index is 867. The molecule has 0 aliphatic rings. The second-order valence-electron chi connectivity index (χ2n) is 7.72. The predicted octanol–water partition coefficient (Wildman–Crippen LogP) is 4.52. The highest BCUT2D eigenvalue weighted by Gasteiger charge is 2.14. The van der Waals surface area contributed by atoms with Gasteiger partial charge in [0.25, 0.3) is 5.91 Å². The molecular weight excluding hydrogens is 368 g/mol. The molecule has 2 N–H and O–H groups in total. The van der Waals surface area contributed by atoms with E-state index >= 15 is 0 Å². The molecule has 0 aliphatic heterocycles. The van der Waals surface area contributed by atoms with Crippen LogP contribution in [0.5, 0.6) is 0 Å². The fourth-order valence-electron chi connectivity index (χ4n) is 2.67. The van der Waals surface area contributed by atoms with Gasteiger partial charge in [-0.05, 0) is 48.2 Å². The Balaban J connectivity index is 1.96. The second-order valence-corrected chi connectivity index (χ2v) is 7.72. The van der Waals surface area contributed by atoms with Crippen LogP contribution in [0, 0.1) is 0 Å². The van der Waals surface area contributed by atoms with Gasteiger partial charge in [-0.25, -0.2) is 0 Å². The third-order valence-electron chi connectivity index (χ3n) is 4.28. The monoisotopic (exact) mass is 396 g/mol. The highest BCUT2D eigenvalue weighted by atomic mass is 16.5. The molecule has 0 heterocycles. The first-order valence-electron chi connectivity index (χ1n) is 9.66. The van der Waals surface area contributed by atoms with Gasteiger partial charge in [0.2, 0.25) is 5.91 Å². The summed E-state index contributed by atoms with van der Waals surface area (Å²) in [6, 6.07) is 14.4. The number of anilines is 2. The van der Waals surface area contributed by atoms with Crippen molar-refractivity contribution < 1.29 is 19.1 Å². The van der Waals surface area contributed by atoms with Crippen molar-refractivity contribution in [2.45, 2.75) is 46.0 Å². The molecule has 0 aromatic heterocycles. The zero-order valence-corrected chi connectivity index (χ0v) is 17.4. The highest BCUT2D eigenvalue weighted by Crippen LogP contribution is 2.23. The Hall–Kier alpha value is -3.15. The van der Waals surface area contributed by atoms with E-state index in [1.807, 2.05) is 12.1 Å². The van der Waals surface area contributed by atoms with Crippen molar-refractivity contribution in [3.63, 3.8) is 0 Å². The van der Waals surface area contributed by atoms with E-state index in [1.54, 1.807) is 43.3 Å². The summed E-state index contributed by atoms with van der Waals surface area (Å²) >= 11 is 0. The van der Waals surface area contributed by atoms with Crippen LogP contribution < -0.4 is 10.6 Å². The molecule has 6 nitrogen and oxygen atoms in total. The summed E-state index contributed by atoms with van der Waals surface area (Å²) in [5.41, 5.74) is 2.84. The van der Waals surface area contributed by atoms with Gasteiger partial charge >= 0.3 is 5.97 Å². The van der Waals surface area contributed by atoms with Crippen molar-refractivity contribution in [3.8, 4) is 0 Å². The largest absolute Gasteiger partial charge is 0.466 e. The van der Waals surface area contributed by atoms with Crippen molar-refractivity contribution >= 4 is 29.2 Å². The number of hydrogen-bond acceptors (Lipinski definition) is 4. The van der Waals surface area contributed by atoms with Crippen molar-refractivity contribution in [1.29, 1.82) is 0 Å². The van der Waals surface area contributed by atoms with Crippen LogP contribution in [-0.2, 0) is 19.7 Å². The van der Waals surface area contributed by atoms with Crippen LogP contribution in [0.15, 0.2) is 48.5 Å². The molecule has 2 aromatic carbocycles. The molecule has 0 unspecified atom stereocenters. The van der Waals surface area contributed by atoms with Gasteiger partial charge in [0, 0.05) is 23.4 Å². The van der Waals surface area contributed by atoms with E-state index in [9.17, 15) is 14.4 Å². The molecule has 29 heavy (non-hydrogen) atoms. The van der Waals surface area contributed by atoms with Gasteiger partial charge in [0.1, 0.15) is 0 Å². The first-order chi connectivity index (χ1) is 13.7. The maximum Gasteiger partial charge on any atom is 0.306 e. The molecule has 0 radical (unpaired) electrons. The lowest BCUT2D eigenvalue weighted by atomic mass is 9.87. The number of amides is 2. The predicted molar refractivity (Wildman–Crippen MR) is 114 cm³/mol. The van der Waals surface area contributed by atoms with E-state index in [0.717, 1.165) is 5.56 Å². The van der Waals surface area contributed by atoms with Crippen LogP contribution in [0.1, 0.15) is 56.5 Å². The van der Waals surface area contributed by atoms with Gasteiger partial charge in [-0.3, -0.25) is 14.4 Å². The molecular formula is C23H28N2O4. The first kappa shape index (κ1) is 22.1. The molecule has 2 rings (SSSR count). The Morgan fingerprint density at radius 3 is 2.10 bits per heavy atom. The Kier molecular flexibility index (Phi) is 7.53. The summed E-state index contributed by atoms with van der Waals surface area (Å²) in [6.45, 7) is 8.37. The number of rotatable bonds is 7. The fourth-order valence-corrected chi connectivity index (χ4v) is 2.67. The minimum atomic E-state index is -0.402. The third kappa shape index (κ3) is 7.07. The zero-order valence-electron chi connectivity index (χ0n) is 17.4. The van der Waals surface area contributed by atoms with Crippen molar-refractivity contribution in [2.24, 2.45) is 0 Å². The van der Waals surface area contributed by atoms with E-state index in [-0.39, 0.29) is 30.1 Å². The van der Waals surface area contributed by atoms with Crippen LogP contribution in [0.25, 0.3) is 0 Å². The summed E-state index contributed by atoms with van der Waals surface area (Å²) in [7, 11) is 0. The number of nitrogens with one attached hydrogen (secondary N) is 2. The molecule has 2 aromatic rings. The number of carbonyl (C=O) groups excluding carboxylic acids is 3. The topological polar surface area (TPSA) is 84.5 Å². The van der Waals surface area contributed by atoms with E-state index in [0.29, 0.717) is 23.5 Å². The number of benzene rings is 2. The molecule has 0 spiro atoms. The molecule has 0 atom stereocenters. The molecule has 6 heteroatoms. The minimum absolute atomic E-state index is 0.0226. The van der Waals surface area contributed by atoms with Crippen LogP contribution in [-0.4, -0.2) is 24.4 Å². The molecule has 0 aliphatic carbocycles. The average molecular weight is 396 g/mol. The van der Waals surface area contributed by atoms with Gasteiger partial charge in [-0.15, -0.1) is 0 Å². The van der Waals surface area contributed by atoms with Crippen molar-refractivity contribution in [2.75, 3.05) is 17.2 Å². The van der Waals surface area contributed by atoms with E-state index in [1.165, 1.54) is 0 Å². The highest BCUT2D eigenvalue weighted by molar-refractivity contribution is 6.04. The maximum atomic E-state index is 12.5. The Labute approximate surface area is 171 Å². The standard InChI is InChI=1S/C23H28N2O4/c1-5-29-21(27)14-13-20(26)24-18-7-6-8-19(15-18)25-22(28)16-9-11-17(12-10-16)23(2,3)4/h6-12,15H,5,13-14H2,1-4H3,(H,24,26)(H,25,28). The van der Waals surface area contributed by atoms with Crippen LogP contribution >= 0.6 is 0 Å². The zero-order chi connectivity index (χ0) is 21.4. The Morgan fingerprint density at radius 2 is 1.52 bits per heavy atom. The molecule has 0 saturated heterocycles. The smallest absolute Gasteiger partial charge is 0.306 e. The SMILES string of the molecule is CCOC(=O)CCC(=O)Nc1cccc(NC(=O)c2ccc(C(C)(C)C)cc2)c1. The maximum absolute atomic E-state index is 12.5. The third-order valence-corrected chi connectivity index (χ3v) is 4.28. The average Bonchev–Trinajstić information content (AvgIpc) is 2.66. The Morgan fingerprint density at radius 1 is 0.897 bits per heavy atom. The number of hydrogen-bond donors (Lipinski definition) is 2. The molecule has 0 fully saturated rings. The second kappa shape index (κ2) is 9.87. The summed E-state index contributed by atoms with van der Waals surface area (Å²) in [4.78, 5) is 35.8. The minimum Gasteiger partial charge on any atom is -0.466 e. The van der Waals surface area contributed by atoms with Gasteiger partial charge in [0.05, 0.1) is 13.0 Å². The summed E-state index contributed by atoms with van der Waals surface area (Å²) in [6.07, 6.45) is 0.0657. The number of carbonyl (C=O) groups is 3. The van der Waals surface area contributed by atoms with Gasteiger partial charge in [-0.2, -0.15) is 0 Å². The summed E-state index contributed by atoms with van der Waals surface area (Å²) in [5, 5.41) is 5.55. The fraction of sp³-hybridized carbons (Fsp3) is 0.348. The van der Waals surface area contributed by atoms with E-state index < -0.39 is 5.97 Å². The lowest BCUT2D eigenvalue weighted by Crippen LogP contribution is -2.16. The number of ether oxygens (including phenoxy) is 1. The quantitative estimate of drug-likeness (QED) is 0.674. The normalized spacial score (nSPS) is 10.9. The number of esters is 1. The molecule has 154 valence electrons.